The summed E-state index contributed by atoms with van der Waals surface area (Å²) in [6.07, 6.45) is 2.60. The number of aryl methyl sites for hydroxylation is 2. The number of aromatic nitrogens is 4. The Bertz CT molecular complexity index is 1190. The van der Waals surface area contributed by atoms with Gasteiger partial charge in [0.05, 0.1) is 12.2 Å². The van der Waals surface area contributed by atoms with Gasteiger partial charge in [0, 0.05) is 36.8 Å². The third kappa shape index (κ3) is 3.83. The molecule has 30 heavy (non-hydrogen) atoms. The first-order chi connectivity index (χ1) is 14.5. The fourth-order valence-corrected chi connectivity index (χ4v) is 3.49. The summed E-state index contributed by atoms with van der Waals surface area (Å²) >= 11 is 0. The Labute approximate surface area is 175 Å². The highest BCUT2D eigenvalue weighted by molar-refractivity contribution is 6.02. The van der Waals surface area contributed by atoms with Crippen LogP contribution in [0.15, 0.2) is 53.1 Å². The molecule has 0 unspecified atom stereocenters. The molecule has 7 nitrogen and oxygen atoms in total. The molecular weight excluding hydrogens is 378 g/mol. The van der Waals surface area contributed by atoms with Gasteiger partial charge in [-0.1, -0.05) is 31.2 Å². The van der Waals surface area contributed by atoms with E-state index in [4.69, 9.17) is 4.42 Å². The maximum atomic E-state index is 13.3. The van der Waals surface area contributed by atoms with Gasteiger partial charge in [-0.15, -0.1) is 10.2 Å². The molecule has 0 atom stereocenters. The molecule has 0 bridgehead atoms. The largest absolute Gasteiger partial charge is 0.423 e. The molecule has 2 aromatic heterocycles. The smallest absolute Gasteiger partial charge is 0.254 e. The summed E-state index contributed by atoms with van der Waals surface area (Å²) in [4.78, 5) is 15.0. The summed E-state index contributed by atoms with van der Waals surface area (Å²) in [6.45, 7) is 6.21. The fourth-order valence-electron chi connectivity index (χ4n) is 3.49. The molecule has 2 aromatic carbocycles. The molecule has 1 amide bonds. The van der Waals surface area contributed by atoms with E-state index in [0.717, 1.165) is 22.0 Å². The van der Waals surface area contributed by atoms with Crippen molar-refractivity contribution < 1.29 is 9.21 Å². The predicted octanol–water partition coefficient (Wildman–Crippen LogP) is 4.24. The Hall–Kier alpha value is -3.48. The van der Waals surface area contributed by atoms with Crippen molar-refractivity contribution in [1.82, 2.24) is 24.9 Å². The molecule has 0 saturated heterocycles. The monoisotopic (exact) mass is 403 g/mol. The van der Waals surface area contributed by atoms with Gasteiger partial charge < -0.3 is 9.32 Å². The van der Waals surface area contributed by atoms with Crippen LogP contribution >= 0.6 is 0 Å². The predicted molar refractivity (Wildman–Crippen MR) is 115 cm³/mol. The van der Waals surface area contributed by atoms with Crippen molar-refractivity contribution in [3.8, 4) is 11.3 Å². The fraction of sp³-hybridized carbons (Fsp3) is 0.304. The third-order valence-electron chi connectivity index (χ3n) is 5.12. The second-order valence-electron chi connectivity index (χ2n) is 7.59. The molecule has 154 valence electrons. The highest BCUT2D eigenvalue weighted by Crippen LogP contribution is 2.28. The van der Waals surface area contributed by atoms with E-state index >= 15 is 0 Å². The van der Waals surface area contributed by atoms with Gasteiger partial charge >= 0.3 is 0 Å². The molecule has 7 heteroatoms. The van der Waals surface area contributed by atoms with Gasteiger partial charge in [-0.2, -0.15) is 5.10 Å². The molecule has 2 heterocycles. The van der Waals surface area contributed by atoms with Gasteiger partial charge in [0.1, 0.15) is 0 Å². The molecular formula is C23H25N5O2. The van der Waals surface area contributed by atoms with E-state index < -0.39 is 0 Å². The summed E-state index contributed by atoms with van der Waals surface area (Å²) in [5, 5.41) is 14.6. The molecule has 0 saturated carbocycles. The summed E-state index contributed by atoms with van der Waals surface area (Å²) < 4.78 is 7.40. The van der Waals surface area contributed by atoms with Crippen LogP contribution in [0.4, 0.5) is 0 Å². The van der Waals surface area contributed by atoms with E-state index in [9.17, 15) is 4.79 Å². The Morgan fingerprint density at radius 2 is 1.93 bits per heavy atom. The van der Waals surface area contributed by atoms with E-state index in [1.165, 1.54) is 0 Å². The summed E-state index contributed by atoms with van der Waals surface area (Å²) in [6, 6.07) is 13.8. The maximum absolute atomic E-state index is 13.3. The van der Waals surface area contributed by atoms with Crippen LogP contribution < -0.4 is 0 Å². The van der Waals surface area contributed by atoms with Crippen LogP contribution in [0.25, 0.3) is 22.0 Å². The van der Waals surface area contributed by atoms with E-state index in [-0.39, 0.29) is 18.5 Å². The van der Waals surface area contributed by atoms with Crippen LogP contribution in [-0.4, -0.2) is 36.8 Å². The van der Waals surface area contributed by atoms with Crippen molar-refractivity contribution >= 4 is 16.7 Å². The van der Waals surface area contributed by atoms with Gasteiger partial charge in [-0.25, -0.2) is 0 Å². The first-order valence-corrected chi connectivity index (χ1v) is 10.1. The van der Waals surface area contributed by atoms with Crippen LogP contribution in [-0.2, 0) is 20.0 Å². The van der Waals surface area contributed by atoms with Crippen LogP contribution in [0.5, 0.6) is 0 Å². The zero-order valence-electron chi connectivity index (χ0n) is 17.7. The zero-order chi connectivity index (χ0) is 21.3. The van der Waals surface area contributed by atoms with Gasteiger partial charge in [-0.05, 0) is 42.8 Å². The summed E-state index contributed by atoms with van der Waals surface area (Å²) in [5.41, 5.74) is 2.59. The maximum Gasteiger partial charge on any atom is 0.254 e. The number of amides is 1. The van der Waals surface area contributed by atoms with Crippen LogP contribution in [0.3, 0.4) is 0 Å². The van der Waals surface area contributed by atoms with E-state index in [2.05, 4.69) is 15.3 Å². The van der Waals surface area contributed by atoms with Crippen molar-refractivity contribution in [3.05, 3.63) is 66.0 Å². The van der Waals surface area contributed by atoms with Gasteiger partial charge in [0.15, 0.2) is 0 Å². The lowest BCUT2D eigenvalue weighted by atomic mass is 9.99. The van der Waals surface area contributed by atoms with Crippen molar-refractivity contribution in [3.63, 3.8) is 0 Å². The molecule has 0 fully saturated rings. The van der Waals surface area contributed by atoms with Gasteiger partial charge in [0.2, 0.25) is 11.8 Å². The van der Waals surface area contributed by atoms with E-state index in [1.807, 2.05) is 76.5 Å². The Balaban J connectivity index is 1.66. The molecule has 0 N–H and O–H groups in total. The van der Waals surface area contributed by atoms with Crippen LogP contribution in [0, 0.1) is 0 Å². The molecule has 0 aliphatic carbocycles. The number of hydrogen-bond acceptors (Lipinski definition) is 5. The second kappa shape index (κ2) is 8.10. The number of carbonyl (C=O) groups excluding carboxylic acids is 1. The normalized spacial score (nSPS) is 11.4. The highest BCUT2D eigenvalue weighted by Gasteiger charge is 2.22. The average molecular weight is 403 g/mol. The van der Waals surface area contributed by atoms with E-state index in [1.54, 1.807) is 9.58 Å². The topological polar surface area (TPSA) is 77.1 Å². The minimum atomic E-state index is -0.0635. The first kappa shape index (κ1) is 19.8. The Morgan fingerprint density at radius 3 is 2.60 bits per heavy atom. The van der Waals surface area contributed by atoms with E-state index in [0.29, 0.717) is 23.8 Å². The first-order valence-electron chi connectivity index (χ1n) is 10.1. The average Bonchev–Trinajstić information content (AvgIpc) is 3.39. The number of fused-ring (bicyclic) bond motifs is 1. The second-order valence-corrected chi connectivity index (χ2v) is 7.59. The molecule has 0 aliphatic rings. The Kier molecular flexibility index (Phi) is 5.35. The number of rotatable bonds is 6. The quantitative estimate of drug-likeness (QED) is 0.481. The summed E-state index contributed by atoms with van der Waals surface area (Å²) in [7, 11) is 1.90. The molecule has 4 rings (SSSR count). The number of carbonyl (C=O) groups is 1. The lowest BCUT2D eigenvalue weighted by Gasteiger charge is -2.25. The number of nitrogens with zero attached hydrogens (tertiary/aromatic N) is 5. The lowest BCUT2D eigenvalue weighted by molar-refractivity contribution is 0.0671. The molecule has 0 aliphatic heterocycles. The molecule has 0 radical (unpaired) electrons. The molecule has 0 spiro atoms. The highest BCUT2D eigenvalue weighted by atomic mass is 16.4. The van der Waals surface area contributed by atoms with Crippen molar-refractivity contribution in [2.24, 2.45) is 7.05 Å². The minimum absolute atomic E-state index is 0.00923. The lowest BCUT2D eigenvalue weighted by Crippen LogP contribution is -2.36. The van der Waals surface area contributed by atoms with Crippen LogP contribution in [0.1, 0.15) is 42.9 Å². The standard InChI is InChI=1S/C23H25N5O2/c1-5-21-24-25-22(30-21)14-28(15(2)3)23(29)17-9-10-18-16(13-17)7-6-8-19(18)20-11-12-27(4)26-20/h6-13,15H,5,14H2,1-4H3. The van der Waals surface area contributed by atoms with Crippen LogP contribution in [0.2, 0.25) is 0 Å². The third-order valence-corrected chi connectivity index (χ3v) is 5.12. The molecule has 4 aromatic rings. The minimum Gasteiger partial charge on any atom is -0.423 e. The van der Waals surface area contributed by atoms with Gasteiger partial charge in [0.25, 0.3) is 5.91 Å². The van der Waals surface area contributed by atoms with Gasteiger partial charge in [-0.3, -0.25) is 9.48 Å². The van der Waals surface area contributed by atoms with Crippen molar-refractivity contribution in [2.75, 3.05) is 0 Å². The Morgan fingerprint density at radius 1 is 1.13 bits per heavy atom. The SMILES string of the molecule is CCc1nnc(CN(C(=O)c2ccc3c(-c4ccn(C)n4)cccc3c2)C(C)C)o1. The number of hydrogen-bond donors (Lipinski definition) is 0. The van der Waals surface area contributed by atoms with Crippen molar-refractivity contribution in [2.45, 2.75) is 39.8 Å². The summed E-state index contributed by atoms with van der Waals surface area (Å²) in [5.74, 6) is 0.965. The van der Waals surface area contributed by atoms with Crippen molar-refractivity contribution in [1.29, 1.82) is 0 Å². The zero-order valence-corrected chi connectivity index (χ0v) is 17.7. The number of benzene rings is 2.